The van der Waals surface area contributed by atoms with Crippen LogP contribution < -0.4 is 4.90 Å². The number of furan rings is 1. The molecule has 266 valence electrons. The molecule has 0 fully saturated rings. The van der Waals surface area contributed by atoms with Gasteiger partial charge in [-0.15, -0.1) is 0 Å². The second kappa shape index (κ2) is 12.5. The van der Waals surface area contributed by atoms with Crippen LogP contribution >= 0.6 is 0 Å². The molecule has 0 amide bonds. The van der Waals surface area contributed by atoms with Gasteiger partial charge in [-0.05, 0) is 86.9 Å². The molecule has 0 aliphatic heterocycles. The molecule has 0 unspecified atom stereocenters. The summed E-state index contributed by atoms with van der Waals surface area (Å²) in [5.74, 6) is 0. The Morgan fingerprint density at radius 2 is 1.00 bits per heavy atom. The summed E-state index contributed by atoms with van der Waals surface area (Å²) in [6.45, 7) is 0. The highest BCUT2D eigenvalue weighted by molar-refractivity contribution is 6.26. The standard InChI is InChI=1S/C54H34N2O/c1-3-17-38(18-4-1)55(40-32-31-36-30-29-35-15-7-9-21-41(35)47(36)34-40)50-28-14-26-46-51-42-22-10-8-16-37(42)33-48(54(51)57-53(46)50)45-25-13-24-44-43-23-11-12-27-49(43)56(52(44)45)39-19-5-2-6-20-39/h1-34H. The molecule has 0 saturated carbocycles. The average molecular weight is 727 g/mol. The molecule has 2 heterocycles. The molecule has 0 spiro atoms. The predicted molar refractivity (Wildman–Crippen MR) is 241 cm³/mol. The van der Waals surface area contributed by atoms with Crippen molar-refractivity contribution in [3.63, 3.8) is 0 Å². The van der Waals surface area contributed by atoms with Crippen LogP contribution in [0.4, 0.5) is 17.1 Å². The molecule has 10 aromatic carbocycles. The fraction of sp³-hybridized carbons (Fsp3) is 0. The first-order chi connectivity index (χ1) is 28.3. The fourth-order valence-electron chi connectivity index (χ4n) is 9.22. The molecule has 0 aliphatic rings. The van der Waals surface area contributed by atoms with Gasteiger partial charge in [0.25, 0.3) is 0 Å². The zero-order chi connectivity index (χ0) is 37.5. The maximum atomic E-state index is 7.38. The van der Waals surface area contributed by atoms with E-state index in [2.05, 4.69) is 216 Å². The van der Waals surface area contributed by atoms with Crippen molar-refractivity contribution < 1.29 is 4.42 Å². The van der Waals surface area contributed by atoms with E-state index in [-0.39, 0.29) is 0 Å². The summed E-state index contributed by atoms with van der Waals surface area (Å²) < 4.78 is 9.79. The maximum Gasteiger partial charge on any atom is 0.159 e. The van der Waals surface area contributed by atoms with Gasteiger partial charge in [-0.25, -0.2) is 0 Å². The lowest BCUT2D eigenvalue weighted by Crippen LogP contribution is -2.10. The van der Waals surface area contributed by atoms with Crippen molar-refractivity contribution in [2.24, 2.45) is 0 Å². The third-order valence-electron chi connectivity index (χ3n) is 11.7. The van der Waals surface area contributed by atoms with Crippen molar-refractivity contribution in [3.05, 3.63) is 206 Å². The van der Waals surface area contributed by atoms with Gasteiger partial charge in [0.2, 0.25) is 0 Å². The summed E-state index contributed by atoms with van der Waals surface area (Å²) in [6.07, 6.45) is 0. The molecule has 0 N–H and O–H groups in total. The van der Waals surface area contributed by atoms with E-state index in [0.717, 1.165) is 61.3 Å². The van der Waals surface area contributed by atoms with Gasteiger partial charge in [0.05, 0.1) is 16.7 Å². The molecule has 0 aliphatic carbocycles. The highest BCUT2D eigenvalue weighted by Gasteiger charge is 2.24. The van der Waals surface area contributed by atoms with Crippen molar-refractivity contribution in [2.45, 2.75) is 0 Å². The highest BCUT2D eigenvalue weighted by Crippen LogP contribution is 2.48. The van der Waals surface area contributed by atoms with Crippen LogP contribution in [0.3, 0.4) is 0 Å². The smallest absolute Gasteiger partial charge is 0.159 e. The fourth-order valence-corrected chi connectivity index (χ4v) is 9.22. The first-order valence-corrected chi connectivity index (χ1v) is 19.5. The van der Waals surface area contributed by atoms with Crippen LogP contribution in [-0.4, -0.2) is 4.57 Å². The molecule has 0 bridgehead atoms. The minimum Gasteiger partial charge on any atom is -0.453 e. The van der Waals surface area contributed by atoms with Gasteiger partial charge in [-0.3, -0.25) is 0 Å². The number of hydrogen-bond acceptors (Lipinski definition) is 2. The molecule has 0 radical (unpaired) electrons. The van der Waals surface area contributed by atoms with E-state index in [1.807, 2.05) is 0 Å². The number of hydrogen-bond donors (Lipinski definition) is 0. The molecule has 12 aromatic rings. The van der Waals surface area contributed by atoms with E-state index < -0.39 is 0 Å². The predicted octanol–water partition coefficient (Wildman–Crippen LogP) is 15.3. The number of rotatable bonds is 5. The zero-order valence-corrected chi connectivity index (χ0v) is 30.9. The summed E-state index contributed by atoms with van der Waals surface area (Å²) in [6, 6.07) is 74.3. The molecule has 3 heteroatoms. The third kappa shape index (κ3) is 4.79. The number of benzene rings is 10. The third-order valence-corrected chi connectivity index (χ3v) is 11.7. The van der Waals surface area contributed by atoms with Gasteiger partial charge in [-0.1, -0.05) is 152 Å². The molecule has 3 nitrogen and oxygen atoms in total. The topological polar surface area (TPSA) is 21.3 Å². The van der Waals surface area contributed by atoms with Crippen LogP contribution in [0.25, 0.3) is 92.9 Å². The van der Waals surface area contributed by atoms with Crippen LogP contribution in [-0.2, 0) is 0 Å². The maximum absolute atomic E-state index is 7.38. The number of anilines is 3. The van der Waals surface area contributed by atoms with Crippen molar-refractivity contribution in [1.82, 2.24) is 4.57 Å². The van der Waals surface area contributed by atoms with E-state index in [1.165, 1.54) is 48.6 Å². The largest absolute Gasteiger partial charge is 0.453 e. The summed E-state index contributed by atoms with van der Waals surface area (Å²) in [5.41, 5.74) is 10.5. The van der Waals surface area contributed by atoms with Crippen LogP contribution in [0.15, 0.2) is 211 Å². The second-order valence-corrected chi connectivity index (χ2v) is 14.9. The molecule has 0 atom stereocenters. The Bertz CT molecular complexity index is 3520. The van der Waals surface area contributed by atoms with Crippen LogP contribution in [0.5, 0.6) is 0 Å². The van der Waals surface area contributed by atoms with Gasteiger partial charge in [-0.2, -0.15) is 0 Å². The molecule has 2 aromatic heterocycles. The van der Waals surface area contributed by atoms with Crippen molar-refractivity contribution in [2.75, 3.05) is 4.90 Å². The van der Waals surface area contributed by atoms with Gasteiger partial charge >= 0.3 is 0 Å². The Morgan fingerprint density at radius 1 is 0.368 bits per heavy atom. The van der Waals surface area contributed by atoms with E-state index in [9.17, 15) is 0 Å². The lowest BCUT2D eigenvalue weighted by atomic mass is 9.95. The van der Waals surface area contributed by atoms with Gasteiger partial charge in [0.1, 0.15) is 5.58 Å². The number of nitrogens with zero attached hydrogens (tertiary/aromatic N) is 2. The second-order valence-electron chi connectivity index (χ2n) is 14.9. The first-order valence-electron chi connectivity index (χ1n) is 19.5. The molecule has 57 heavy (non-hydrogen) atoms. The van der Waals surface area contributed by atoms with Gasteiger partial charge in [0.15, 0.2) is 5.58 Å². The van der Waals surface area contributed by atoms with Gasteiger partial charge < -0.3 is 13.9 Å². The van der Waals surface area contributed by atoms with Gasteiger partial charge in [0, 0.05) is 49.7 Å². The summed E-state index contributed by atoms with van der Waals surface area (Å²) in [5, 5.41) is 11.9. The SMILES string of the molecule is c1ccc(N(c2ccc3ccc4ccccc4c3c2)c2cccc3c2oc2c(-c4cccc5c6ccccc6n(-c6ccccc6)c45)cc4ccccc4c23)cc1. The number of para-hydroxylation sites is 5. The summed E-state index contributed by atoms with van der Waals surface area (Å²) in [4.78, 5) is 2.35. The Hall–Kier alpha value is -7.62. The quantitative estimate of drug-likeness (QED) is 0.165. The van der Waals surface area contributed by atoms with Crippen LogP contribution in [0.1, 0.15) is 0 Å². The number of fused-ring (bicyclic) bond motifs is 11. The Balaban J connectivity index is 1.18. The summed E-state index contributed by atoms with van der Waals surface area (Å²) in [7, 11) is 0. The minimum absolute atomic E-state index is 0.850. The Morgan fingerprint density at radius 3 is 1.84 bits per heavy atom. The molecular formula is C54H34N2O. The van der Waals surface area contributed by atoms with Crippen molar-refractivity contribution >= 4 is 93.1 Å². The van der Waals surface area contributed by atoms with Crippen molar-refractivity contribution in [1.29, 1.82) is 0 Å². The molecule has 12 rings (SSSR count). The van der Waals surface area contributed by atoms with E-state index in [1.54, 1.807) is 0 Å². The minimum atomic E-state index is 0.850. The Labute approximate surface area is 328 Å². The lowest BCUT2D eigenvalue weighted by molar-refractivity contribution is 0.670. The normalized spacial score (nSPS) is 11.9. The molecular weight excluding hydrogens is 693 g/mol. The van der Waals surface area contributed by atoms with E-state index in [0.29, 0.717) is 0 Å². The highest BCUT2D eigenvalue weighted by atomic mass is 16.3. The zero-order valence-electron chi connectivity index (χ0n) is 30.9. The monoisotopic (exact) mass is 726 g/mol. The van der Waals surface area contributed by atoms with E-state index in [4.69, 9.17) is 4.42 Å². The van der Waals surface area contributed by atoms with E-state index >= 15 is 0 Å². The van der Waals surface area contributed by atoms with Crippen molar-refractivity contribution in [3.8, 4) is 16.8 Å². The van der Waals surface area contributed by atoms with Crippen LogP contribution in [0, 0.1) is 0 Å². The average Bonchev–Trinajstić information content (AvgIpc) is 3.84. The number of aromatic nitrogens is 1. The van der Waals surface area contributed by atoms with Crippen LogP contribution in [0.2, 0.25) is 0 Å². The molecule has 0 saturated heterocycles. The summed E-state index contributed by atoms with van der Waals surface area (Å²) >= 11 is 0. The first kappa shape index (κ1) is 31.7. The lowest BCUT2D eigenvalue weighted by Gasteiger charge is -2.26. The Kier molecular flexibility index (Phi) is 6.93.